The van der Waals surface area contributed by atoms with E-state index in [9.17, 15) is 9.90 Å². The second kappa shape index (κ2) is 10.9. The van der Waals surface area contributed by atoms with Crippen LogP contribution in [0.1, 0.15) is 17.5 Å². The normalized spacial score (nSPS) is 15.9. The van der Waals surface area contributed by atoms with Gasteiger partial charge in [-0.2, -0.15) is 0 Å². The molecule has 5 rings (SSSR count). The summed E-state index contributed by atoms with van der Waals surface area (Å²) in [6.07, 6.45) is 2.43. The van der Waals surface area contributed by atoms with Crippen molar-refractivity contribution >= 4 is 23.3 Å². The monoisotopic (exact) mass is 476 g/mol. The zero-order chi connectivity index (χ0) is 22.6. The van der Waals surface area contributed by atoms with E-state index in [1.807, 2.05) is 54.6 Å². The predicted octanol–water partition coefficient (Wildman–Crippen LogP) is 4.30. The van der Waals surface area contributed by atoms with Crippen molar-refractivity contribution in [2.75, 3.05) is 13.2 Å². The first-order valence-electron chi connectivity index (χ1n) is 11.5. The lowest BCUT2D eigenvalue weighted by Crippen LogP contribution is -2.40. The van der Waals surface area contributed by atoms with Gasteiger partial charge in [0.1, 0.15) is 18.5 Å². The molecule has 4 aromatic rings. The Morgan fingerprint density at radius 3 is 2.50 bits per heavy atom. The van der Waals surface area contributed by atoms with Crippen LogP contribution < -0.4 is 15.6 Å². The van der Waals surface area contributed by atoms with Crippen molar-refractivity contribution in [2.24, 2.45) is 0 Å². The van der Waals surface area contributed by atoms with Crippen LogP contribution in [0.4, 0.5) is 0 Å². The van der Waals surface area contributed by atoms with E-state index >= 15 is 0 Å². The first-order valence-corrected chi connectivity index (χ1v) is 11.5. The number of nitrogens with zero attached hydrogens (tertiary/aromatic N) is 1. The van der Waals surface area contributed by atoms with Gasteiger partial charge in [-0.3, -0.25) is 9.36 Å². The SMILES string of the molecule is Cl.O=c1cc(OCC(O)CNC2CCc3ccccc3C2)c2ccccc2n1-c1ccccc1. The van der Waals surface area contributed by atoms with Gasteiger partial charge in [0.15, 0.2) is 0 Å². The van der Waals surface area contributed by atoms with Crippen molar-refractivity contribution in [2.45, 2.75) is 31.4 Å². The van der Waals surface area contributed by atoms with Crippen LogP contribution in [0.15, 0.2) is 89.7 Å². The van der Waals surface area contributed by atoms with Crippen LogP contribution in [0.2, 0.25) is 0 Å². The van der Waals surface area contributed by atoms with E-state index in [1.165, 1.54) is 17.2 Å². The molecule has 1 aromatic heterocycles. The number of aliphatic hydroxyl groups excluding tert-OH is 1. The lowest BCUT2D eigenvalue weighted by molar-refractivity contribution is 0.103. The van der Waals surface area contributed by atoms with E-state index in [2.05, 4.69) is 29.6 Å². The maximum Gasteiger partial charge on any atom is 0.259 e. The number of para-hydroxylation sites is 2. The standard InChI is InChI=1S/C28H28N2O3.ClH/c31-24(18-29-22-15-14-20-8-4-5-9-21(20)16-22)19-33-27-17-28(32)30(23-10-2-1-3-11-23)26-13-7-6-12-25(26)27;/h1-13,17,22,24,29,31H,14-16,18-19H2;1H. The highest BCUT2D eigenvalue weighted by molar-refractivity contribution is 5.86. The summed E-state index contributed by atoms with van der Waals surface area (Å²) >= 11 is 0. The number of fused-ring (bicyclic) bond motifs is 2. The predicted molar refractivity (Wildman–Crippen MR) is 139 cm³/mol. The molecule has 1 aliphatic carbocycles. The van der Waals surface area contributed by atoms with Crippen molar-refractivity contribution in [3.63, 3.8) is 0 Å². The molecule has 5 nitrogen and oxygen atoms in total. The van der Waals surface area contributed by atoms with Gasteiger partial charge in [-0.1, -0.05) is 54.6 Å². The number of halogens is 1. The second-order valence-electron chi connectivity index (χ2n) is 8.62. The molecule has 176 valence electrons. The summed E-state index contributed by atoms with van der Waals surface area (Å²) in [7, 11) is 0. The molecule has 0 amide bonds. The van der Waals surface area contributed by atoms with Gasteiger partial charge in [0.25, 0.3) is 5.56 Å². The van der Waals surface area contributed by atoms with Crippen LogP contribution in [0, 0.1) is 0 Å². The van der Waals surface area contributed by atoms with E-state index in [-0.39, 0.29) is 24.6 Å². The highest BCUT2D eigenvalue weighted by Crippen LogP contribution is 2.26. The Bertz CT molecular complexity index is 1310. The Morgan fingerprint density at radius 1 is 0.971 bits per heavy atom. The van der Waals surface area contributed by atoms with Gasteiger partial charge >= 0.3 is 0 Å². The first-order chi connectivity index (χ1) is 16.2. The molecule has 0 fully saturated rings. The smallest absolute Gasteiger partial charge is 0.259 e. The third kappa shape index (κ3) is 5.17. The second-order valence-corrected chi connectivity index (χ2v) is 8.62. The van der Waals surface area contributed by atoms with Crippen molar-refractivity contribution in [1.82, 2.24) is 9.88 Å². The van der Waals surface area contributed by atoms with Crippen molar-refractivity contribution in [3.05, 3.63) is 106 Å². The molecule has 3 aromatic carbocycles. The summed E-state index contributed by atoms with van der Waals surface area (Å²) in [5.74, 6) is 0.494. The number of aliphatic hydroxyl groups is 1. The van der Waals surface area contributed by atoms with Gasteiger partial charge in [-0.15, -0.1) is 12.4 Å². The van der Waals surface area contributed by atoms with Crippen LogP contribution in [0.25, 0.3) is 16.6 Å². The quantitative estimate of drug-likeness (QED) is 0.417. The number of aromatic nitrogens is 1. The van der Waals surface area contributed by atoms with Crippen LogP contribution in [0.3, 0.4) is 0 Å². The number of pyridine rings is 1. The van der Waals surface area contributed by atoms with Crippen LogP contribution in [-0.4, -0.2) is 35.0 Å². The highest BCUT2D eigenvalue weighted by atomic mass is 35.5. The van der Waals surface area contributed by atoms with Crippen molar-refractivity contribution in [1.29, 1.82) is 0 Å². The minimum Gasteiger partial charge on any atom is -0.490 e. The summed E-state index contributed by atoms with van der Waals surface area (Å²) < 4.78 is 7.63. The molecule has 34 heavy (non-hydrogen) atoms. The largest absolute Gasteiger partial charge is 0.490 e. The summed E-state index contributed by atoms with van der Waals surface area (Å²) in [5, 5.41) is 14.9. The van der Waals surface area contributed by atoms with E-state index in [4.69, 9.17) is 4.74 Å². The minimum atomic E-state index is -0.669. The topological polar surface area (TPSA) is 63.5 Å². The summed E-state index contributed by atoms with van der Waals surface area (Å²) in [6, 6.07) is 27.7. The number of aryl methyl sites for hydroxylation is 1. The molecule has 0 radical (unpaired) electrons. The molecule has 2 atom stereocenters. The zero-order valence-electron chi connectivity index (χ0n) is 18.9. The van der Waals surface area contributed by atoms with E-state index in [0.717, 1.165) is 35.9 Å². The minimum absolute atomic E-state index is 0. The molecule has 2 unspecified atom stereocenters. The van der Waals surface area contributed by atoms with Crippen LogP contribution in [0.5, 0.6) is 5.75 Å². The Labute approximate surface area is 205 Å². The summed E-state index contributed by atoms with van der Waals surface area (Å²) in [6.45, 7) is 0.570. The molecule has 0 aliphatic heterocycles. The van der Waals surface area contributed by atoms with Gasteiger partial charge in [0, 0.05) is 29.7 Å². The van der Waals surface area contributed by atoms with Gasteiger partial charge in [-0.25, -0.2) is 0 Å². The van der Waals surface area contributed by atoms with Gasteiger partial charge < -0.3 is 15.2 Å². The fourth-order valence-corrected chi connectivity index (χ4v) is 4.63. The number of nitrogens with one attached hydrogen (secondary N) is 1. The molecular formula is C28H29ClN2O3. The molecule has 0 saturated carbocycles. The van der Waals surface area contributed by atoms with Crippen LogP contribution >= 0.6 is 12.4 Å². The lowest BCUT2D eigenvalue weighted by atomic mass is 9.88. The molecule has 2 N–H and O–H groups in total. The maximum atomic E-state index is 12.9. The molecule has 0 saturated heterocycles. The van der Waals surface area contributed by atoms with Crippen molar-refractivity contribution in [3.8, 4) is 11.4 Å². The van der Waals surface area contributed by atoms with Crippen LogP contribution in [-0.2, 0) is 12.8 Å². The zero-order valence-corrected chi connectivity index (χ0v) is 19.7. The fraction of sp³-hybridized carbons (Fsp3) is 0.250. The Hall–Kier alpha value is -3.12. The molecule has 1 aliphatic rings. The Balaban J connectivity index is 0.00000274. The average Bonchev–Trinajstić information content (AvgIpc) is 2.86. The van der Waals surface area contributed by atoms with E-state index in [0.29, 0.717) is 18.3 Å². The number of hydrogen-bond donors (Lipinski definition) is 2. The fourth-order valence-electron chi connectivity index (χ4n) is 4.63. The van der Waals surface area contributed by atoms with E-state index < -0.39 is 6.10 Å². The molecule has 6 heteroatoms. The number of benzene rings is 3. The maximum absolute atomic E-state index is 12.9. The van der Waals surface area contributed by atoms with Gasteiger partial charge in [0.05, 0.1) is 5.52 Å². The third-order valence-electron chi connectivity index (χ3n) is 6.32. The number of rotatable bonds is 7. The molecule has 1 heterocycles. The number of hydrogen-bond acceptors (Lipinski definition) is 4. The molecule has 0 spiro atoms. The molecular weight excluding hydrogens is 448 g/mol. The first kappa shape index (κ1) is 24.0. The molecule has 0 bridgehead atoms. The Morgan fingerprint density at radius 2 is 1.68 bits per heavy atom. The highest BCUT2D eigenvalue weighted by Gasteiger charge is 2.19. The third-order valence-corrected chi connectivity index (χ3v) is 6.32. The summed E-state index contributed by atoms with van der Waals surface area (Å²) in [5.41, 5.74) is 4.24. The van der Waals surface area contributed by atoms with Crippen molar-refractivity contribution < 1.29 is 9.84 Å². The average molecular weight is 477 g/mol. The van der Waals surface area contributed by atoms with Gasteiger partial charge in [-0.05, 0) is 54.7 Å². The number of ether oxygens (including phenoxy) is 1. The lowest BCUT2D eigenvalue weighted by Gasteiger charge is -2.26. The summed E-state index contributed by atoms with van der Waals surface area (Å²) in [4.78, 5) is 12.9. The van der Waals surface area contributed by atoms with Gasteiger partial charge in [0.2, 0.25) is 0 Å². The Kier molecular flexibility index (Phi) is 7.68. The van der Waals surface area contributed by atoms with E-state index in [1.54, 1.807) is 4.57 Å².